The van der Waals surface area contributed by atoms with Gasteiger partial charge in [-0.1, -0.05) is 25.5 Å². The third kappa shape index (κ3) is 6.77. The molecular weight excluding hydrogens is 368 g/mol. The Morgan fingerprint density at radius 3 is 2.38 bits per heavy atom. The quantitative estimate of drug-likeness (QED) is 0.547. The number of aromatic hydroxyl groups is 1. The molecule has 0 spiro atoms. The minimum absolute atomic E-state index is 0.0969. The number of ether oxygens (including phenoxy) is 2. The van der Waals surface area contributed by atoms with Gasteiger partial charge >= 0.3 is 11.9 Å². The first-order valence-electron chi connectivity index (χ1n) is 10.1. The van der Waals surface area contributed by atoms with Crippen molar-refractivity contribution in [3.63, 3.8) is 0 Å². The fraction of sp³-hybridized carbons (Fsp3) is 0.500. The number of allylic oxidation sites excluding steroid dienone is 1. The zero-order valence-corrected chi connectivity index (χ0v) is 18.0. The number of esters is 2. The van der Waals surface area contributed by atoms with Gasteiger partial charge < -0.3 is 14.6 Å². The Balaban J connectivity index is 2.34. The molecule has 1 aromatic rings. The Labute approximate surface area is 173 Å². The molecule has 0 bridgehead atoms. The largest absolute Gasteiger partial charge is 0.508 e. The van der Waals surface area contributed by atoms with Gasteiger partial charge in [0.25, 0.3) is 0 Å². The minimum Gasteiger partial charge on any atom is -0.508 e. The molecule has 29 heavy (non-hydrogen) atoms. The first-order chi connectivity index (χ1) is 13.6. The van der Waals surface area contributed by atoms with Crippen LogP contribution in [0.15, 0.2) is 47.6 Å². The van der Waals surface area contributed by atoms with E-state index in [1.807, 2.05) is 13.0 Å². The number of hydrogen-bond acceptors (Lipinski definition) is 5. The summed E-state index contributed by atoms with van der Waals surface area (Å²) in [5.41, 5.74) is 2.22. The number of benzene rings is 1. The van der Waals surface area contributed by atoms with E-state index in [1.54, 1.807) is 12.1 Å². The van der Waals surface area contributed by atoms with E-state index in [0.717, 1.165) is 24.8 Å². The van der Waals surface area contributed by atoms with Crippen LogP contribution in [0, 0.1) is 5.41 Å². The fourth-order valence-electron chi connectivity index (χ4n) is 3.45. The third-order valence-corrected chi connectivity index (χ3v) is 5.41. The summed E-state index contributed by atoms with van der Waals surface area (Å²) in [7, 11) is 0. The van der Waals surface area contributed by atoms with Gasteiger partial charge in [0.05, 0.1) is 5.56 Å². The van der Waals surface area contributed by atoms with Gasteiger partial charge in [-0.15, -0.1) is 0 Å². The van der Waals surface area contributed by atoms with E-state index in [9.17, 15) is 14.7 Å². The lowest BCUT2D eigenvalue weighted by Crippen LogP contribution is -2.33. The van der Waals surface area contributed by atoms with E-state index < -0.39 is 12.1 Å². The molecule has 158 valence electrons. The van der Waals surface area contributed by atoms with Crippen molar-refractivity contribution in [2.24, 2.45) is 5.41 Å². The van der Waals surface area contributed by atoms with Gasteiger partial charge in [0.2, 0.25) is 0 Å². The summed E-state index contributed by atoms with van der Waals surface area (Å²) in [6.07, 6.45) is 6.61. The highest BCUT2D eigenvalue weighted by molar-refractivity contribution is 5.89. The van der Waals surface area contributed by atoms with E-state index in [0.29, 0.717) is 12.0 Å². The summed E-state index contributed by atoms with van der Waals surface area (Å²) in [5.74, 6) is -0.680. The average molecular weight is 401 g/mol. The van der Waals surface area contributed by atoms with Gasteiger partial charge in [-0.2, -0.15) is 0 Å². The van der Waals surface area contributed by atoms with E-state index >= 15 is 0 Å². The summed E-state index contributed by atoms with van der Waals surface area (Å²) in [5, 5.41) is 9.45. The van der Waals surface area contributed by atoms with E-state index in [2.05, 4.69) is 26.8 Å². The maximum absolute atomic E-state index is 12.7. The van der Waals surface area contributed by atoms with Gasteiger partial charge in [-0.05, 0) is 69.0 Å². The molecule has 0 aliphatic heterocycles. The molecule has 0 heterocycles. The first-order valence-corrected chi connectivity index (χ1v) is 10.1. The fourth-order valence-corrected chi connectivity index (χ4v) is 3.45. The van der Waals surface area contributed by atoms with Gasteiger partial charge in [-0.3, -0.25) is 4.79 Å². The molecule has 0 aromatic heterocycles. The lowest BCUT2D eigenvalue weighted by Gasteiger charge is -2.33. The van der Waals surface area contributed by atoms with Crippen LogP contribution < -0.4 is 0 Å². The molecule has 2 atom stereocenters. The Kier molecular flexibility index (Phi) is 7.66. The summed E-state index contributed by atoms with van der Waals surface area (Å²) in [6, 6.07) is 6.01. The Hall–Kier alpha value is -2.56. The van der Waals surface area contributed by atoms with Crippen LogP contribution in [0.4, 0.5) is 0 Å². The molecule has 1 aliphatic rings. The predicted molar refractivity (Wildman–Crippen MR) is 113 cm³/mol. The smallest absolute Gasteiger partial charge is 0.338 e. The number of carbonyl (C=O) groups is 2. The number of phenolic OH excluding ortho intramolecular Hbond substituents is 1. The number of hydrogen-bond donors (Lipinski definition) is 1. The first kappa shape index (κ1) is 22.7. The van der Waals surface area contributed by atoms with Crippen LogP contribution in [0.1, 0.15) is 70.7 Å². The highest BCUT2D eigenvalue weighted by Gasteiger charge is 2.32. The maximum Gasteiger partial charge on any atom is 0.338 e. The Bertz CT molecular complexity index is 786. The molecule has 0 amide bonds. The van der Waals surface area contributed by atoms with Crippen molar-refractivity contribution in [2.75, 3.05) is 0 Å². The molecule has 5 heteroatoms. The normalized spacial score (nSPS) is 24.3. The molecule has 0 unspecified atom stereocenters. The van der Waals surface area contributed by atoms with Crippen molar-refractivity contribution in [3.05, 3.63) is 53.1 Å². The standard InChI is InChI=1S/C24H32O5/c1-16-7-6-14-24(4,5)22(15-17(2)21(13-8-16)28-18(3)25)29-23(27)19-9-11-20(26)12-10-19/h8-12,15,21-22,26H,6-7,13-14H2,1-5H3/b16-8+,17-15?/t21-,22+/m1/s1. The summed E-state index contributed by atoms with van der Waals surface area (Å²) in [6.45, 7) is 9.58. The Morgan fingerprint density at radius 1 is 1.10 bits per heavy atom. The van der Waals surface area contributed by atoms with E-state index in [1.165, 1.54) is 24.6 Å². The van der Waals surface area contributed by atoms with Crippen LogP contribution >= 0.6 is 0 Å². The van der Waals surface area contributed by atoms with E-state index in [4.69, 9.17) is 9.47 Å². The second kappa shape index (κ2) is 9.77. The zero-order valence-electron chi connectivity index (χ0n) is 18.0. The van der Waals surface area contributed by atoms with Crippen molar-refractivity contribution in [3.8, 4) is 5.75 Å². The lowest BCUT2D eigenvalue weighted by atomic mass is 9.80. The topological polar surface area (TPSA) is 72.8 Å². The van der Waals surface area contributed by atoms with E-state index in [-0.39, 0.29) is 23.2 Å². The van der Waals surface area contributed by atoms with Crippen LogP contribution in [0.5, 0.6) is 5.75 Å². The lowest BCUT2D eigenvalue weighted by molar-refractivity contribution is -0.144. The van der Waals surface area contributed by atoms with Crippen LogP contribution in [0.25, 0.3) is 0 Å². The van der Waals surface area contributed by atoms with Crippen LogP contribution in [0.3, 0.4) is 0 Å². The van der Waals surface area contributed by atoms with Crippen LogP contribution in [-0.2, 0) is 14.3 Å². The van der Waals surface area contributed by atoms with Crippen molar-refractivity contribution in [1.82, 2.24) is 0 Å². The number of phenols is 1. The molecule has 5 nitrogen and oxygen atoms in total. The summed E-state index contributed by atoms with van der Waals surface area (Å²) in [4.78, 5) is 24.3. The highest BCUT2D eigenvalue weighted by Crippen LogP contribution is 2.34. The predicted octanol–water partition coefficient (Wildman–Crippen LogP) is 5.34. The monoisotopic (exact) mass is 400 g/mol. The Morgan fingerprint density at radius 2 is 1.76 bits per heavy atom. The third-order valence-electron chi connectivity index (χ3n) is 5.41. The SMILES string of the molecule is CC(=O)O[C@@H]1C/C=C(\C)CCCC(C)(C)[C@@H](OC(=O)c2ccc(O)cc2)C=C1C. The summed E-state index contributed by atoms with van der Waals surface area (Å²) < 4.78 is 11.4. The van der Waals surface area contributed by atoms with Crippen molar-refractivity contribution < 1.29 is 24.2 Å². The molecule has 1 aromatic carbocycles. The highest BCUT2D eigenvalue weighted by atomic mass is 16.5. The molecule has 1 aliphatic carbocycles. The average Bonchev–Trinajstić information content (AvgIpc) is 2.65. The van der Waals surface area contributed by atoms with Crippen LogP contribution in [-0.4, -0.2) is 29.3 Å². The molecule has 1 N–H and O–H groups in total. The van der Waals surface area contributed by atoms with Gasteiger partial charge in [0.1, 0.15) is 18.0 Å². The van der Waals surface area contributed by atoms with Gasteiger partial charge in [-0.25, -0.2) is 4.79 Å². The molecule has 0 radical (unpaired) electrons. The second-order valence-electron chi connectivity index (χ2n) is 8.51. The minimum atomic E-state index is -0.472. The molecule has 0 saturated carbocycles. The van der Waals surface area contributed by atoms with Crippen LogP contribution in [0.2, 0.25) is 0 Å². The van der Waals surface area contributed by atoms with Crippen molar-refractivity contribution in [2.45, 2.75) is 72.5 Å². The molecular formula is C24H32O5. The zero-order chi connectivity index (χ0) is 21.6. The number of carbonyl (C=O) groups excluding carboxylic acids is 2. The molecule has 2 rings (SSSR count). The molecule has 0 saturated heterocycles. The molecule has 0 fully saturated rings. The second-order valence-corrected chi connectivity index (χ2v) is 8.51. The number of rotatable bonds is 3. The maximum atomic E-state index is 12.7. The van der Waals surface area contributed by atoms with Crippen molar-refractivity contribution >= 4 is 11.9 Å². The van der Waals surface area contributed by atoms with Gasteiger partial charge in [0.15, 0.2) is 0 Å². The summed E-state index contributed by atoms with van der Waals surface area (Å²) >= 11 is 0. The van der Waals surface area contributed by atoms with Gasteiger partial charge in [0, 0.05) is 18.8 Å². The van der Waals surface area contributed by atoms with Crippen molar-refractivity contribution in [1.29, 1.82) is 0 Å².